The lowest BCUT2D eigenvalue weighted by molar-refractivity contribution is -0.275. The van der Waals surface area contributed by atoms with E-state index in [1.54, 1.807) is 6.07 Å². The molecule has 0 aromatic heterocycles. The van der Waals surface area contributed by atoms with E-state index >= 15 is 0 Å². The lowest BCUT2D eigenvalue weighted by Gasteiger charge is -2.13. The van der Waals surface area contributed by atoms with E-state index in [0.717, 1.165) is 12.0 Å². The molecule has 84 valence electrons. The van der Waals surface area contributed by atoms with Gasteiger partial charge in [-0.15, -0.1) is 13.2 Å². The van der Waals surface area contributed by atoms with Crippen molar-refractivity contribution in [2.24, 2.45) is 0 Å². The molecule has 2 nitrogen and oxygen atoms in total. The van der Waals surface area contributed by atoms with Gasteiger partial charge in [0, 0.05) is 0 Å². The molecular weight excluding hydrogens is 209 g/mol. The van der Waals surface area contributed by atoms with Gasteiger partial charge in [-0.1, -0.05) is 13.0 Å². The third kappa shape index (κ3) is 3.34. The maximum atomic E-state index is 12.0. The van der Waals surface area contributed by atoms with Crippen LogP contribution in [0.5, 0.6) is 11.5 Å². The van der Waals surface area contributed by atoms with Gasteiger partial charge in [0.2, 0.25) is 0 Å². The minimum Gasteiger partial charge on any atom is -0.493 e. The quantitative estimate of drug-likeness (QED) is 0.779. The standard InChI is InChI=1S/C10H11F3O2/c1-3-7-4-5-8(9(6-7)14-2)15-10(11,12)13/h4-6H,3H2,1-2H3. The summed E-state index contributed by atoms with van der Waals surface area (Å²) in [6, 6.07) is 4.36. The number of aryl methyl sites for hydroxylation is 1. The highest BCUT2D eigenvalue weighted by atomic mass is 19.4. The predicted octanol–water partition coefficient (Wildman–Crippen LogP) is 3.16. The van der Waals surface area contributed by atoms with Crippen LogP contribution in [-0.2, 0) is 6.42 Å². The molecule has 0 fully saturated rings. The van der Waals surface area contributed by atoms with Gasteiger partial charge in [-0.3, -0.25) is 0 Å². The number of hydrogen-bond donors (Lipinski definition) is 0. The molecule has 0 saturated carbocycles. The van der Waals surface area contributed by atoms with Crippen LogP contribution in [0.15, 0.2) is 18.2 Å². The van der Waals surface area contributed by atoms with Crippen LogP contribution >= 0.6 is 0 Å². The number of methoxy groups -OCH3 is 1. The Morgan fingerprint density at radius 1 is 1.20 bits per heavy atom. The first-order valence-corrected chi connectivity index (χ1v) is 4.39. The maximum Gasteiger partial charge on any atom is 0.573 e. The van der Waals surface area contributed by atoms with Crippen molar-refractivity contribution >= 4 is 0 Å². The van der Waals surface area contributed by atoms with E-state index in [-0.39, 0.29) is 11.5 Å². The molecule has 0 atom stereocenters. The summed E-state index contributed by atoms with van der Waals surface area (Å²) >= 11 is 0. The summed E-state index contributed by atoms with van der Waals surface area (Å²) < 4.78 is 44.5. The van der Waals surface area contributed by atoms with Crippen molar-refractivity contribution in [1.29, 1.82) is 0 Å². The number of rotatable bonds is 3. The monoisotopic (exact) mass is 220 g/mol. The highest BCUT2D eigenvalue weighted by Crippen LogP contribution is 2.32. The summed E-state index contributed by atoms with van der Waals surface area (Å²) in [7, 11) is 1.30. The molecule has 1 aromatic rings. The molecule has 5 heteroatoms. The second-order valence-electron chi connectivity index (χ2n) is 2.89. The fourth-order valence-electron chi connectivity index (χ4n) is 1.14. The van der Waals surface area contributed by atoms with Crippen molar-refractivity contribution in [2.75, 3.05) is 7.11 Å². The van der Waals surface area contributed by atoms with E-state index in [1.807, 2.05) is 6.92 Å². The Morgan fingerprint density at radius 2 is 1.87 bits per heavy atom. The van der Waals surface area contributed by atoms with Crippen LogP contribution in [-0.4, -0.2) is 13.5 Å². The van der Waals surface area contributed by atoms with E-state index < -0.39 is 6.36 Å². The van der Waals surface area contributed by atoms with Gasteiger partial charge < -0.3 is 9.47 Å². The molecule has 1 aromatic carbocycles. The topological polar surface area (TPSA) is 18.5 Å². The van der Waals surface area contributed by atoms with Crippen LogP contribution in [0.2, 0.25) is 0 Å². The first kappa shape index (κ1) is 11.7. The highest BCUT2D eigenvalue weighted by Gasteiger charge is 2.32. The highest BCUT2D eigenvalue weighted by molar-refractivity contribution is 5.43. The number of alkyl halides is 3. The van der Waals surface area contributed by atoms with Crippen LogP contribution < -0.4 is 9.47 Å². The number of halogens is 3. The van der Waals surface area contributed by atoms with Gasteiger partial charge >= 0.3 is 6.36 Å². The van der Waals surface area contributed by atoms with Crippen LogP contribution in [0.4, 0.5) is 13.2 Å². The third-order valence-electron chi connectivity index (χ3n) is 1.86. The van der Waals surface area contributed by atoms with Crippen LogP contribution in [0, 0.1) is 0 Å². The summed E-state index contributed by atoms with van der Waals surface area (Å²) in [5.41, 5.74) is 0.890. The largest absolute Gasteiger partial charge is 0.573 e. The normalized spacial score (nSPS) is 11.3. The van der Waals surface area contributed by atoms with Crippen molar-refractivity contribution in [3.8, 4) is 11.5 Å². The average Bonchev–Trinajstić information content (AvgIpc) is 2.16. The van der Waals surface area contributed by atoms with Crippen LogP contribution in [0.25, 0.3) is 0 Å². The molecule has 0 spiro atoms. The Balaban J connectivity index is 2.97. The summed E-state index contributed by atoms with van der Waals surface area (Å²) in [5, 5.41) is 0. The van der Waals surface area contributed by atoms with Crippen molar-refractivity contribution in [1.82, 2.24) is 0 Å². The number of hydrogen-bond acceptors (Lipinski definition) is 2. The zero-order valence-electron chi connectivity index (χ0n) is 8.39. The summed E-state index contributed by atoms with van der Waals surface area (Å²) in [6.07, 6.45) is -3.97. The Bertz CT molecular complexity index is 334. The molecule has 0 saturated heterocycles. The van der Waals surface area contributed by atoms with Gasteiger partial charge in [0.25, 0.3) is 0 Å². The van der Waals surface area contributed by atoms with E-state index in [2.05, 4.69) is 4.74 Å². The summed E-state index contributed by atoms with van der Waals surface area (Å²) in [6.45, 7) is 1.90. The molecule has 0 amide bonds. The maximum absolute atomic E-state index is 12.0. The molecule has 0 N–H and O–H groups in total. The molecule has 0 aliphatic rings. The molecule has 0 radical (unpaired) electrons. The lowest BCUT2D eigenvalue weighted by Crippen LogP contribution is -2.17. The van der Waals surface area contributed by atoms with E-state index in [4.69, 9.17) is 4.74 Å². The van der Waals surface area contributed by atoms with Crippen molar-refractivity contribution in [3.05, 3.63) is 23.8 Å². The molecule has 0 aliphatic carbocycles. The summed E-state index contributed by atoms with van der Waals surface area (Å²) in [4.78, 5) is 0. The minimum absolute atomic E-state index is 0.0895. The van der Waals surface area contributed by atoms with Gasteiger partial charge in [-0.05, 0) is 24.1 Å². The molecule has 0 aliphatic heterocycles. The van der Waals surface area contributed by atoms with Crippen LogP contribution in [0.3, 0.4) is 0 Å². The van der Waals surface area contributed by atoms with Gasteiger partial charge in [0.1, 0.15) is 0 Å². The predicted molar refractivity (Wildman–Crippen MR) is 49.1 cm³/mol. The van der Waals surface area contributed by atoms with Crippen LogP contribution in [0.1, 0.15) is 12.5 Å². The zero-order chi connectivity index (χ0) is 11.5. The Morgan fingerprint density at radius 3 is 2.33 bits per heavy atom. The van der Waals surface area contributed by atoms with Crippen molar-refractivity contribution < 1.29 is 22.6 Å². The van der Waals surface area contributed by atoms with Gasteiger partial charge in [-0.25, -0.2) is 0 Å². The van der Waals surface area contributed by atoms with Crippen molar-refractivity contribution in [2.45, 2.75) is 19.7 Å². The molecule has 0 bridgehead atoms. The number of benzene rings is 1. The van der Waals surface area contributed by atoms with Gasteiger partial charge in [0.15, 0.2) is 11.5 Å². The molecule has 15 heavy (non-hydrogen) atoms. The molecule has 1 rings (SSSR count). The minimum atomic E-state index is -4.69. The second kappa shape index (κ2) is 4.42. The van der Waals surface area contributed by atoms with Gasteiger partial charge in [0.05, 0.1) is 7.11 Å². The van der Waals surface area contributed by atoms with E-state index in [1.165, 1.54) is 19.2 Å². The Hall–Kier alpha value is -1.39. The fourth-order valence-corrected chi connectivity index (χ4v) is 1.14. The first-order valence-electron chi connectivity index (χ1n) is 4.39. The zero-order valence-corrected chi connectivity index (χ0v) is 8.39. The third-order valence-corrected chi connectivity index (χ3v) is 1.86. The Kier molecular flexibility index (Phi) is 3.44. The lowest BCUT2D eigenvalue weighted by atomic mass is 10.1. The molecule has 0 unspecified atom stereocenters. The summed E-state index contributed by atoms with van der Waals surface area (Å²) in [5.74, 6) is -0.228. The second-order valence-corrected chi connectivity index (χ2v) is 2.89. The average molecular weight is 220 g/mol. The molecule has 0 heterocycles. The number of ether oxygens (including phenoxy) is 2. The fraction of sp³-hybridized carbons (Fsp3) is 0.400. The Labute approximate surface area is 85.6 Å². The molecular formula is C10H11F3O2. The first-order chi connectivity index (χ1) is 6.96. The van der Waals surface area contributed by atoms with Crippen molar-refractivity contribution in [3.63, 3.8) is 0 Å². The van der Waals surface area contributed by atoms with E-state index in [0.29, 0.717) is 0 Å². The van der Waals surface area contributed by atoms with E-state index in [9.17, 15) is 13.2 Å². The van der Waals surface area contributed by atoms with Gasteiger partial charge in [-0.2, -0.15) is 0 Å². The SMILES string of the molecule is CCc1ccc(OC(F)(F)F)c(OC)c1. The smallest absolute Gasteiger partial charge is 0.493 e.